The molecule has 0 spiro atoms. The fourth-order valence-corrected chi connectivity index (χ4v) is 11.5. The Bertz CT molecular complexity index is 1670. The number of aliphatic hydroxyl groups is 1. The third-order valence-corrected chi connectivity index (χ3v) is 17.1. The molecule has 0 bridgehead atoms. The number of carbonyl (C=O) groups is 4. The van der Waals surface area contributed by atoms with Crippen LogP contribution in [0.2, 0.25) is 0 Å². The zero-order chi connectivity index (χ0) is 62.9. The van der Waals surface area contributed by atoms with Crippen LogP contribution in [0.3, 0.4) is 0 Å². The maximum Gasteiger partial charge on any atom is 0.472 e. The number of phosphoric acid groups is 2. The minimum Gasteiger partial charge on any atom is -0.462 e. The maximum absolute atomic E-state index is 13.0. The SMILES string of the molecule is CCCCCCCCCCCCCCC(=O)OC[C@H](COP(=O)(O)OC[C@@H](O)COP(=O)(O)OC[C@@H](COC(=O)CCCCCCCCCC(C)C)OC(=O)CCCCCCCCCCCCC)OC(=O)CCCCCCCCCCCC(C)C. The lowest BCUT2D eigenvalue weighted by molar-refractivity contribution is -0.161. The molecule has 5 atom stereocenters. The zero-order valence-corrected chi connectivity index (χ0v) is 56.7. The number of esters is 4. The number of aliphatic hydroxyl groups excluding tert-OH is 1. The third kappa shape index (κ3) is 60.7. The van der Waals surface area contributed by atoms with Gasteiger partial charge in [0.05, 0.1) is 26.4 Å². The van der Waals surface area contributed by atoms with Crippen LogP contribution in [0, 0.1) is 11.8 Å². The molecule has 0 aliphatic carbocycles. The van der Waals surface area contributed by atoms with Crippen LogP contribution >= 0.6 is 15.6 Å². The van der Waals surface area contributed by atoms with E-state index in [9.17, 15) is 43.2 Å². The second-order valence-electron chi connectivity index (χ2n) is 24.8. The first-order valence-electron chi connectivity index (χ1n) is 34.5. The number of phosphoric ester groups is 2. The normalized spacial score (nSPS) is 14.2. The molecule has 0 amide bonds. The second kappa shape index (κ2) is 58.4. The average Bonchev–Trinajstić information content (AvgIpc) is 3.54. The molecular formula is C66H128O17P2. The standard InChI is InChI=1S/C66H128O17P2/c1-7-9-11-13-15-17-19-21-24-30-36-42-48-63(68)76-54-61(83-66(71)51-45-39-32-26-22-23-28-34-40-46-58(3)4)56-80-84(72,73)78-52-60(67)53-79-85(74,75)81-57-62(55-77-64(69)49-43-37-33-27-29-35-41-47-59(5)6)82-65(70)50-44-38-31-25-20-18-16-14-12-10-8-2/h58-62,67H,7-57H2,1-6H3,(H,72,73)(H,74,75)/t60-,61-,62-/m1/s1. The highest BCUT2D eigenvalue weighted by atomic mass is 31.2. The smallest absolute Gasteiger partial charge is 0.462 e. The lowest BCUT2D eigenvalue weighted by atomic mass is 10.0. The molecule has 0 aromatic rings. The van der Waals surface area contributed by atoms with E-state index in [1.165, 1.54) is 141 Å². The van der Waals surface area contributed by atoms with Gasteiger partial charge in [0.1, 0.15) is 19.3 Å². The zero-order valence-electron chi connectivity index (χ0n) is 54.9. The van der Waals surface area contributed by atoms with Crippen LogP contribution in [0.25, 0.3) is 0 Å². The van der Waals surface area contributed by atoms with E-state index in [0.29, 0.717) is 31.6 Å². The van der Waals surface area contributed by atoms with Gasteiger partial charge in [-0.1, -0.05) is 279 Å². The van der Waals surface area contributed by atoms with Gasteiger partial charge < -0.3 is 33.8 Å². The van der Waals surface area contributed by atoms with Crippen molar-refractivity contribution in [2.24, 2.45) is 11.8 Å². The monoisotopic (exact) mass is 1250 g/mol. The maximum atomic E-state index is 13.0. The van der Waals surface area contributed by atoms with Crippen LogP contribution < -0.4 is 0 Å². The fraction of sp³-hybridized carbons (Fsp3) is 0.939. The summed E-state index contributed by atoms with van der Waals surface area (Å²) in [6.45, 7) is 9.43. The van der Waals surface area contributed by atoms with Gasteiger partial charge in [0.15, 0.2) is 12.2 Å². The number of rotatable bonds is 65. The quantitative estimate of drug-likeness (QED) is 0.0222. The third-order valence-electron chi connectivity index (χ3n) is 15.2. The van der Waals surface area contributed by atoms with Crippen molar-refractivity contribution in [2.75, 3.05) is 39.6 Å². The largest absolute Gasteiger partial charge is 0.472 e. The van der Waals surface area contributed by atoms with Crippen LogP contribution in [0.4, 0.5) is 0 Å². The molecule has 17 nitrogen and oxygen atoms in total. The molecule has 0 aromatic carbocycles. The fourth-order valence-electron chi connectivity index (χ4n) is 9.88. The number of ether oxygens (including phenoxy) is 4. The van der Waals surface area contributed by atoms with E-state index in [1.807, 2.05) is 0 Å². The minimum atomic E-state index is -4.95. The van der Waals surface area contributed by atoms with Gasteiger partial charge in [-0.15, -0.1) is 0 Å². The van der Waals surface area contributed by atoms with E-state index >= 15 is 0 Å². The van der Waals surface area contributed by atoms with Gasteiger partial charge >= 0.3 is 39.5 Å². The molecule has 0 aromatic heterocycles. The van der Waals surface area contributed by atoms with E-state index < -0.39 is 97.5 Å². The molecule has 2 unspecified atom stereocenters. The van der Waals surface area contributed by atoms with Crippen molar-refractivity contribution in [1.29, 1.82) is 0 Å². The second-order valence-corrected chi connectivity index (χ2v) is 27.7. The molecule has 504 valence electrons. The van der Waals surface area contributed by atoms with Crippen molar-refractivity contribution < 1.29 is 80.2 Å². The van der Waals surface area contributed by atoms with E-state index in [2.05, 4.69) is 41.5 Å². The van der Waals surface area contributed by atoms with E-state index in [-0.39, 0.29) is 25.7 Å². The molecular weight excluding hydrogens is 1130 g/mol. The van der Waals surface area contributed by atoms with Crippen LogP contribution in [0.1, 0.15) is 330 Å². The summed E-state index contributed by atoms with van der Waals surface area (Å²) in [5, 5.41) is 10.6. The lowest BCUT2D eigenvalue weighted by Gasteiger charge is -2.21. The first kappa shape index (κ1) is 83.1. The molecule has 0 heterocycles. The van der Waals surface area contributed by atoms with Crippen LogP contribution in [-0.2, 0) is 65.4 Å². The predicted molar refractivity (Wildman–Crippen MR) is 340 cm³/mol. The topological polar surface area (TPSA) is 237 Å². The highest BCUT2D eigenvalue weighted by Gasteiger charge is 2.30. The molecule has 0 aliphatic heterocycles. The van der Waals surface area contributed by atoms with Gasteiger partial charge in [-0.25, -0.2) is 9.13 Å². The van der Waals surface area contributed by atoms with Gasteiger partial charge in [0.25, 0.3) is 0 Å². The molecule has 0 saturated carbocycles. The van der Waals surface area contributed by atoms with Crippen molar-refractivity contribution in [3.05, 3.63) is 0 Å². The molecule has 0 rings (SSSR count). The van der Waals surface area contributed by atoms with Crippen molar-refractivity contribution >= 4 is 39.5 Å². The first-order chi connectivity index (χ1) is 40.9. The molecule has 19 heteroatoms. The Morgan fingerprint density at radius 1 is 0.318 bits per heavy atom. The van der Waals surface area contributed by atoms with Gasteiger partial charge in [0.2, 0.25) is 0 Å². The van der Waals surface area contributed by atoms with Crippen molar-refractivity contribution in [3.8, 4) is 0 Å². The Morgan fingerprint density at radius 2 is 0.541 bits per heavy atom. The van der Waals surface area contributed by atoms with Gasteiger partial charge in [0, 0.05) is 25.7 Å². The average molecular weight is 1260 g/mol. The predicted octanol–water partition coefficient (Wildman–Crippen LogP) is 18.4. The Labute approximate surface area is 517 Å². The summed E-state index contributed by atoms with van der Waals surface area (Å²) in [5.41, 5.74) is 0. The molecule has 85 heavy (non-hydrogen) atoms. The highest BCUT2D eigenvalue weighted by molar-refractivity contribution is 7.47. The summed E-state index contributed by atoms with van der Waals surface area (Å²) in [6.07, 6.45) is 41.6. The summed E-state index contributed by atoms with van der Waals surface area (Å²) < 4.78 is 68.1. The summed E-state index contributed by atoms with van der Waals surface area (Å²) in [6, 6.07) is 0. The first-order valence-corrected chi connectivity index (χ1v) is 37.5. The Morgan fingerprint density at radius 3 is 0.800 bits per heavy atom. The minimum absolute atomic E-state index is 0.105. The van der Waals surface area contributed by atoms with Crippen LogP contribution in [-0.4, -0.2) is 96.7 Å². The van der Waals surface area contributed by atoms with Crippen LogP contribution in [0.5, 0.6) is 0 Å². The summed E-state index contributed by atoms with van der Waals surface area (Å²) in [5.74, 6) is -0.688. The van der Waals surface area contributed by atoms with Gasteiger partial charge in [-0.3, -0.25) is 37.3 Å². The Hall–Kier alpha value is -1.94. The molecule has 0 saturated heterocycles. The van der Waals surface area contributed by atoms with E-state index in [0.717, 1.165) is 102 Å². The van der Waals surface area contributed by atoms with Crippen molar-refractivity contribution in [1.82, 2.24) is 0 Å². The van der Waals surface area contributed by atoms with Crippen LogP contribution in [0.15, 0.2) is 0 Å². The van der Waals surface area contributed by atoms with Gasteiger partial charge in [-0.2, -0.15) is 0 Å². The number of unbranched alkanes of at least 4 members (excludes halogenated alkanes) is 35. The highest BCUT2D eigenvalue weighted by Crippen LogP contribution is 2.45. The lowest BCUT2D eigenvalue weighted by Crippen LogP contribution is -2.30. The van der Waals surface area contributed by atoms with Gasteiger partial charge in [-0.05, 0) is 37.5 Å². The summed E-state index contributed by atoms with van der Waals surface area (Å²) in [7, 11) is -9.89. The summed E-state index contributed by atoms with van der Waals surface area (Å²) >= 11 is 0. The molecule has 0 fully saturated rings. The number of hydrogen-bond acceptors (Lipinski definition) is 15. The van der Waals surface area contributed by atoms with Crippen molar-refractivity contribution in [2.45, 2.75) is 349 Å². The Kier molecular flexibility index (Phi) is 57.1. The molecule has 3 N–H and O–H groups in total. The number of carbonyl (C=O) groups excluding carboxylic acids is 4. The molecule has 0 aliphatic rings. The van der Waals surface area contributed by atoms with E-state index in [4.69, 9.17) is 37.0 Å². The summed E-state index contributed by atoms with van der Waals surface area (Å²) in [4.78, 5) is 72.3. The van der Waals surface area contributed by atoms with Crippen molar-refractivity contribution in [3.63, 3.8) is 0 Å². The molecule has 0 radical (unpaired) electrons. The number of hydrogen-bond donors (Lipinski definition) is 3. The Balaban J connectivity index is 5.25. The van der Waals surface area contributed by atoms with E-state index in [1.54, 1.807) is 0 Å².